The molecule has 0 unspecified atom stereocenters. The van der Waals surface area contributed by atoms with Gasteiger partial charge in [-0.3, -0.25) is 9.59 Å². The Morgan fingerprint density at radius 1 is 1.18 bits per heavy atom. The van der Waals surface area contributed by atoms with Crippen LogP contribution in [0.1, 0.15) is 45.0 Å². The van der Waals surface area contributed by atoms with Crippen molar-refractivity contribution in [3.63, 3.8) is 0 Å². The van der Waals surface area contributed by atoms with E-state index in [1.165, 1.54) is 0 Å². The fraction of sp³-hybridized carbons (Fsp3) is 0.500. The molecule has 6 heteroatoms. The summed E-state index contributed by atoms with van der Waals surface area (Å²) < 4.78 is 0. The Bertz CT molecular complexity index is 524. The first-order valence-electron chi connectivity index (χ1n) is 7.09. The van der Waals surface area contributed by atoms with Crippen LogP contribution < -0.4 is 16.4 Å². The van der Waals surface area contributed by atoms with E-state index in [1.54, 1.807) is 24.3 Å². The molecule has 0 radical (unpaired) electrons. The van der Waals surface area contributed by atoms with Crippen molar-refractivity contribution < 1.29 is 9.59 Å². The number of benzene rings is 1. The largest absolute Gasteiger partial charge is 0.347 e. The van der Waals surface area contributed by atoms with E-state index in [4.69, 9.17) is 5.73 Å². The van der Waals surface area contributed by atoms with Crippen molar-refractivity contribution in [2.75, 3.05) is 5.32 Å². The molecule has 1 aromatic rings. The predicted molar refractivity (Wildman–Crippen MR) is 92.4 cm³/mol. The zero-order valence-corrected chi connectivity index (χ0v) is 14.6. The fourth-order valence-corrected chi connectivity index (χ4v) is 1.68. The van der Waals surface area contributed by atoms with Crippen molar-refractivity contribution in [3.8, 4) is 0 Å². The monoisotopic (exact) mass is 327 g/mol. The maximum absolute atomic E-state index is 12.1. The van der Waals surface area contributed by atoms with Crippen molar-refractivity contribution in [1.29, 1.82) is 0 Å². The first kappa shape index (κ1) is 20.4. The van der Waals surface area contributed by atoms with E-state index in [2.05, 4.69) is 10.6 Å². The number of amides is 2. The summed E-state index contributed by atoms with van der Waals surface area (Å²) in [6.45, 7) is 9.52. The van der Waals surface area contributed by atoms with Crippen LogP contribution in [0.2, 0.25) is 0 Å². The van der Waals surface area contributed by atoms with Gasteiger partial charge in [0.1, 0.15) is 0 Å². The average Bonchev–Trinajstić information content (AvgIpc) is 2.35. The molecule has 4 N–H and O–H groups in total. The Morgan fingerprint density at radius 3 is 2.27 bits per heavy atom. The summed E-state index contributed by atoms with van der Waals surface area (Å²) in [5.41, 5.74) is 6.56. The first-order chi connectivity index (χ1) is 9.60. The molecule has 0 aliphatic rings. The van der Waals surface area contributed by atoms with E-state index >= 15 is 0 Å². The lowest BCUT2D eigenvalue weighted by atomic mass is 10.0. The molecule has 0 saturated carbocycles. The van der Waals surface area contributed by atoms with Gasteiger partial charge in [0.25, 0.3) is 5.91 Å². The van der Waals surface area contributed by atoms with Crippen LogP contribution in [-0.4, -0.2) is 23.4 Å². The van der Waals surface area contributed by atoms with E-state index in [9.17, 15) is 9.59 Å². The van der Waals surface area contributed by atoms with Crippen LogP contribution in [0.5, 0.6) is 0 Å². The minimum Gasteiger partial charge on any atom is -0.347 e. The van der Waals surface area contributed by atoms with E-state index in [0.29, 0.717) is 11.3 Å². The fourth-order valence-electron chi connectivity index (χ4n) is 1.68. The number of rotatable bonds is 4. The number of hydrogen-bond acceptors (Lipinski definition) is 3. The number of halogens is 1. The highest BCUT2D eigenvalue weighted by Crippen LogP contribution is 2.13. The smallest absolute Gasteiger partial charge is 0.251 e. The zero-order valence-electron chi connectivity index (χ0n) is 13.8. The zero-order chi connectivity index (χ0) is 16.2. The highest BCUT2D eigenvalue weighted by Gasteiger charge is 2.18. The molecular weight excluding hydrogens is 302 g/mol. The Balaban J connectivity index is 0.00000441. The molecule has 1 atom stereocenters. The highest BCUT2D eigenvalue weighted by molar-refractivity contribution is 5.98. The molecule has 0 fully saturated rings. The summed E-state index contributed by atoms with van der Waals surface area (Å²) in [6, 6.07) is 6.25. The van der Waals surface area contributed by atoms with Gasteiger partial charge >= 0.3 is 0 Å². The summed E-state index contributed by atoms with van der Waals surface area (Å²) in [7, 11) is 0. The van der Waals surface area contributed by atoms with E-state index in [-0.39, 0.29) is 35.7 Å². The molecule has 0 aliphatic heterocycles. The maximum atomic E-state index is 12.1. The van der Waals surface area contributed by atoms with E-state index in [0.717, 1.165) is 0 Å². The standard InChI is InChI=1S/C16H25N3O2.ClH/c1-10(2)13(17)15(21)18-12-8-6-7-11(9-12)14(20)19-16(3,4)5;/h6-10,13H,17H2,1-5H3,(H,18,21)(H,19,20);1H/t13-;/m0./s1. The second-order valence-corrected chi connectivity index (χ2v) is 6.54. The van der Waals surface area contributed by atoms with Crippen molar-refractivity contribution >= 4 is 29.9 Å². The molecule has 5 nitrogen and oxygen atoms in total. The van der Waals surface area contributed by atoms with Crippen molar-refractivity contribution in [3.05, 3.63) is 29.8 Å². The van der Waals surface area contributed by atoms with Gasteiger partial charge in [-0.2, -0.15) is 0 Å². The minimum absolute atomic E-state index is 0. The van der Waals surface area contributed by atoms with Crippen LogP contribution in [0.25, 0.3) is 0 Å². The van der Waals surface area contributed by atoms with Gasteiger partial charge in [-0.15, -0.1) is 12.4 Å². The Kier molecular flexibility index (Phi) is 7.56. The van der Waals surface area contributed by atoms with Gasteiger partial charge < -0.3 is 16.4 Å². The van der Waals surface area contributed by atoms with Crippen LogP contribution in [0.4, 0.5) is 5.69 Å². The van der Waals surface area contributed by atoms with Gasteiger partial charge in [0.2, 0.25) is 5.91 Å². The lowest BCUT2D eigenvalue weighted by Crippen LogP contribution is -2.41. The average molecular weight is 328 g/mol. The summed E-state index contributed by atoms with van der Waals surface area (Å²) in [6.07, 6.45) is 0. The third kappa shape index (κ3) is 6.45. The number of hydrogen-bond donors (Lipinski definition) is 3. The molecule has 0 aromatic heterocycles. The van der Waals surface area contributed by atoms with Crippen LogP contribution in [-0.2, 0) is 4.79 Å². The molecule has 0 saturated heterocycles. The Hall–Kier alpha value is -1.59. The van der Waals surface area contributed by atoms with E-state index in [1.807, 2.05) is 34.6 Å². The maximum Gasteiger partial charge on any atom is 0.251 e. The normalized spacial score (nSPS) is 12.3. The first-order valence-corrected chi connectivity index (χ1v) is 7.09. The lowest BCUT2D eigenvalue weighted by Gasteiger charge is -2.21. The molecule has 22 heavy (non-hydrogen) atoms. The molecule has 124 valence electrons. The molecule has 1 aromatic carbocycles. The van der Waals surface area contributed by atoms with Gasteiger partial charge in [-0.1, -0.05) is 19.9 Å². The predicted octanol–water partition coefficient (Wildman–Crippen LogP) is 2.56. The second-order valence-electron chi connectivity index (χ2n) is 6.54. The highest BCUT2D eigenvalue weighted by atomic mass is 35.5. The third-order valence-electron chi connectivity index (χ3n) is 2.90. The van der Waals surface area contributed by atoms with Crippen LogP contribution >= 0.6 is 12.4 Å². The van der Waals surface area contributed by atoms with Crippen molar-refractivity contribution in [2.45, 2.75) is 46.2 Å². The van der Waals surface area contributed by atoms with Gasteiger partial charge in [-0.25, -0.2) is 0 Å². The number of nitrogens with two attached hydrogens (primary N) is 1. The molecular formula is C16H26ClN3O2. The van der Waals surface area contributed by atoms with E-state index < -0.39 is 6.04 Å². The SMILES string of the molecule is CC(C)[C@H](N)C(=O)Nc1cccc(C(=O)NC(C)(C)C)c1.Cl. The number of carbonyl (C=O) groups excluding carboxylic acids is 2. The molecule has 0 bridgehead atoms. The molecule has 2 amide bonds. The van der Waals surface area contributed by atoms with Crippen LogP contribution in [0, 0.1) is 5.92 Å². The number of anilines is 1. The molecule has 0 spiro atoms. The summed E-state index contributed by atoms with van der Waals surface area (Å²) in [5, 5.41) is 5.62. The van der Waals surface area contributed by atoms with Gasteiger partial charge in [0.15, 0.2) is 0 Å². The lowest BCUT2D eigenvalue weighted by molar-refractivity contribution is -0.118. The van der Waals surface area contributed by atoms with Gasteiger partial charge in [0.05, 0.1) is 6.04 Å². The summed E-state index contributed by atoms with van der Waals surface area (Å²) in [4.78, 5) is 24.0. The molecule has 0 aliphatic carbocycles. The van der Waals surface area contributed by atoms with Crippen molar-refractivity contribution in [1.82, 2.24) is 5.32 Å². The third-order valence-corrected chi connectivity index (χ3v) is 2.90. The second kappa shape index (κ2) is 8.15. The summed E-state index contributed by atoms with van der Waals surface area (Å²) in [5.74, 6) is -0.373. The quantitative estimate of drug-likeness (QED) is 0.794. The molecule has 0 heterocycles. The van der Waals surface area contributed by atoms with Crippen LogP contribution in [0.3, 0.4) is 0 Å². The van der Waals surface area contributed by atoms with Gasteiger partial charge in [-0.05, 0) is 44.9 Å². The number of carbonyl (C=O) groups is 2. The number of nitrogens with one attached hydrogen (secondary N) is 2. The van der Waals surface area contributed by atoms with Gasteiger partial charge in [0, 0.05) is 16.8 Å². The van der Waals surface area contributed by atoms with Crippen LogP contribution in [0.15, 0.2) is 24.3 Å². The molecule has 1 rings (SSSR count). The Morgan fingerprint density at radius 2 is 1.77 bits per heavy atom. The minimum atomic E-state index is -0.572. The Labute approximate surface area is 138 Å². The topological polar surface area (TPSA) is 84.2 Å². The van der Waals surface area contributed by atoms with Crippen molar-refractivity contribution in [2.24, 2.45) is 11.7 Å². The summed E-state index contributed by atoms with van der Waals surface area (Å²) >= 11 is 0.